The lowest BCUT2D eigenvalue weighted by atomic mass is 10.2. The Kier molecular flexibility index (Phi) is 7.65. The van der Waals surface area contributed by atoms with Crippen LogP contribution in [0.4, 0.5) is 0 Å². The summed E-state index contributed by atoms with van der Waals surface area (Å²) in [5.41, 5.74) is 0. The molecule has 7 nitrogen and oxygen atoms in total. The highest BCUT2D eigenvalue weighted by molar-refractivity contribution is 7.98. The molecule has 1 saturated heterocycles. The predicted octanol–water partition coefficient (Wildman–Crippen LogP) is 0.918. The molecule has 0 spiro atoms. The number of tetrazole rings is 1. The third-order valence-electron chi connectivity index (χ3n) is 3.81. The van der Waals surface area contributed by atoms with Gasteiger partial charge in [-0.2, -0.15) is 11.8 Å². The summed E-state index contributed by atoms with van der Waals surface area (Å²) in [6, 6.07) is 0. The highest BCUT2D eigenvalue weighted by atomic mass is 32.2. The van der Waals surface area contributed by atoms with E-state index in [1.807, 2.05) is 0 Å². The van der Waals surface area contributed by atoms with Crippen molar-refractivity contribution in [3.05, 3.63) is 5.82 Å². The van der Waals surface area contributed by atoms with E-state index in [9.17, 15) is 4.79 Å². The second-order valence-electron chi connectivity index (χ2n) is 5.64. The molecule has 1 aromatic rings. The summed E-state index contributed by atoms with van der Waals surface area (Å²) in [7, 11) is 0. The van der Waals surface area contributed by atoms with Gasteiger partial charge in [-0.3, -0.25) is 9.69 Å². The van der Waals surface area contributed by atoms with E-state index in [2.05, 4.69) is 32.0 Å². The molecule has 0 saturated carbocycles. The minimum absolute atomic E-state index is 0.0227. The number of rotatable bonds is 8. The number of nitrogens with zero attached hydrogens (tertiary/aromatic N) is 5. The van der Waals surface area contributed by atoms with E-state index >= 15 is 0 Å². The van der Waals surface area contributed by atoms with E-state index in [1.54, 1.807) is 16.4 Å². The molecule has 1 aliphatic heterocycles. The summed E-state index contributed by atoms with van der Waals surface area (Å²) in [5.74, 6) is 1.82. The first-order chi connectivity index (χ1) is 10.8. The largest absolute Gasteiger partial charge is 0.354 e. The summed E-state index contributed by atoms with van der Waals surface area (Å²) in [4.78, 5) is 14.3. The second-order valence-corrected chi connectivity index (χ2v) is 6.63. The van der Waals surface area contributed by atoms with Crippen LogP contribution >= 0.6 is 11.8 Å². The molecule has 0 radical (unpaired) electrons. The number of thioether (sulfide) groups is 1. The van der Waals surface area contributed by atoms with Gasteiger partial charge in [0, 0.05) is 6.54 Å². The van der Waals surface area contributed by atoms with Gasteiger partial charge >= 0.3 is 0 Å². The van der Waals surface area contributed by atoms with Gasteiger partial charge in [-0.25, -0.2) is 4.68 Å². The molecule has 0 atom stereocenters. The number of hydrogen-bond donors (Lipinski definition) is 1. The Morgan fingerprint density at radius 1 is 1.27 bits per heavy atom. The summed E-state index contributed by atoms with van der Waals surface area (Å²) in [6.45, 7) is 3.83. The van der Waals surface area contributed by atoms with E-state index in [0.29, 0.717) is 6.54 Å². The Balaban J connectivity index is 1.79. The molecule has 8 heteroatoms. The van der Waals surface area contributed by atoms with Gasteiger partial charge < -0.3 is 5.32 Å². The zero-order chi connectivity index (χ0) is 15.6. The van der Waals surface area contributed by atoms with Crippen LogP contribution in [0.2, 0.25) is 0 Å². The SMILES string of the molecule is CSCCCNC(=O)Cn1nnnc1CN1CCCCCC1. The van der Waals surface area contributed by atoms with Crippen LogP contribution in [0.3, 0.4) is 0 Å². The zero-order valence-electron chi connectivity index (χ0n) is 13.3. The van der Waals surface area contributed by atoms with E-state index in [0.717, 1.165) is 37.6 Å². The van der Waals surface area contributed by atoms with Crippen LogP contribution in [0.15, 0.2) is 0 Å². The summed E-state index contributed by atoms with van der Waals surface area (Å²) in [6.07, 6.45) is 8.13. The summed E-state index contributed by atoms with van der Waals surface area (Å²) < 4.78 is 1.62. The number of carbonyl (C=O) groups is 1. The van der Waals surface area contributed by atoms with E-state index in [-0.39, 0.29) is 12.5 Å². The minimum Gasteiger partial charge on any atom is -0.354 e. The fourth-order valence-corrected chi connectivity index (χ4v) is 3.02. The molecule has 2 rings (SSSR count). The lowest BCUT2D eigenvalue weighted by Crippen LogP contribution is -2.31. The quantitative estimate of drug-likeness (QED) is 0.716. The smallest absolute Gasteiger partial charge is 0.241 e. The average molecular weight is 326 g/mol. The molecule has 1 fully saturated rings. The van der Waals surface area contributed by atoms with Crippen molar-refractivity contribution in [2.45, 2.75) is 45.2 Å². The third-order valence-corrected chi connectivity index (χ3v) is 4.51. The van der Waals surface area contributed by atoms with E-state index in [4.69, 9.17) is 0 Å². The molecule has 0 bridgehead atoms. The molecule has 0 unspecified atom stereocenters. The maximum atomic E-state index is 11.9. The molecule has 1 N–H and O–H groups in total. The summed E-state index contributed by atoms with van der Waals surface area (Å²) in [5, 5.41) is 14.7. The van der Waals surface area contributed by atoms with Gasteiger partial charge in [-0.1, -0.05) is 12.8 Å². The van der Waals surface area contributed by atoms with E-state index < -0.39 is 0 Å². The second kappa shape index (κ2) is 9.78. The van der Waals surface area contributed by atoms with Crippen LogP contribution in [0, 0.1) is 0 Å². The Morgan fingerprint density at radius 2 is 2.05 bits per heavy atom. The number of aromatic nitrogens is 4. The fraction of sp³-hybridized carbons (Fsp3) is 0.857. The normalized spacial score (nSPS) is 16.4. The van der Waals surface area contributed by atoms with Crippen molar-refractivity contribution in [1.82, 2.24) is 30.4 Å². The highest BCUT2D eigenvalue weighted by Gasteiger charge is 2.15. The van der Waals surface area contributed by atoms with Gasteiger partial charge in [0.1, 0.15) is 6.54 Å². The number of carbonyl (C=O) groups excluding carboxylic acids is 1. The van der Waals surface area contributed by atoms with Gasteiger partial charge in [-0.05, 0) is 54.8 Å². The van der Waals surface area contributed by atoms with Crippen LogP contribution in [-0.2, 0) is 17.9 Å². The molecular formula is C14H26N6OS. The van der Waals surface area contributed by atoms with Crippen LogP contribution in [0.1, 0.15) is 37.9 Å². The van der Waals surface area contributed by atoms with Gasteiger partial charge in [0.2, 0.25) is 5.91 Å². The molecule has 1 aliphatic rings. The topological polar surface area (TPSA) is 75.9 Å². The van der Waals surface area contributed by atoms with Gasteiger partial charge in [0.15, 0.2) is 5.82 Å². The van der Waals surface area contributed by atoms with Crippen molar-refractivity contribution in [1.29, 1.82) is 0 Å². The third kappa shape index (κ3) is 5.92. The fourth-order valence-electron chi connectivity index (χ4n) is 2.59. The maximum absolute atomic E-state index is 11.9. The standard InChI is InChI=1S/C14H26N6OS/c1-22-10-6-7-15-14(21)12-20-13(16-17-18-20)11-19-8-4-2-3-5-9-19/h2-12H2,1H3,(H,15,21). The molecular weight excluding hydrogens is 300 g/mol. The molecule has 1 aromatic heterocycles. The number of nitrogens with one attached hydrogen (secondary N) is 1. The van der Waals surface area contributed by atoms with Crippen LogP contribution in [0.25, 0.3) is 0 Å². The van der Waals surface area contributed by atoms with Crippen molar-refractivity contribution < 1.29 is 4.79 Å². The van der Waals surface area contributed by atoms with Crippen LogP contribution < -0.4 is 5.32 Å². The van der Waals surface area contributed by atoms with Crippen molar-refractivity contribution in [2.75, 3.05) is 31.6 Å². The lowest BCUT2D eigenvalue weighted by Gasteiger charge is -2.18. The van der Waals surface area contributed by atoms with Crippen LogP contribution in [-0.4, -0.2) is 62.7 Å². The molecule has 22 heavy (non-hydrogen) atoms. The van der Waals surface area contributed by atoms with Crippen molar-refractivity contribution in [3.8, 4) is 0 Å². The van der Waals surface area contributed by atoms with Crippen molar-refractivity contribution >= 4 is 17.7 Å². The first-order valence-corrected chi connectivity index (χ1v) is 9.42. The molecule has 0 aliphatic carbocycles. The summed E-state index contributed by atoms with van der Waals surface area (Å²) >= 11 is 1.79. The first-order valence-electron chi connectivity index (χ1n) is 8.02. The van der Waals surface area contributed by atoms with E-state index in [1.165, 1.54) is 25.7 Å². The molecule has 2 heterocycles. The monoisotopic (exact) mass is 326 g/mol. The Morgan fingerprint density at radius 3 is 2.77 bits per heavy atom. The zero-order valence-corrected chi connectivity index (χ0v) is 14.1. The Bertz CT molecular complexity index is 444. The molecule has 1 amide bonds. The van der Waals surface area contributed by atoms with Gasteiger partial charge in [-0.15, -0.1) is 5.10 Å². The predicted molar refractivity (Wildman–Crippen MR) is 87.6 cm³/mol. The maximum Gasteiger partial charge on any atom is 0.241 e. The molecule has 124 valence electrons. The molecule has 0 aromatic carbocycles. The van der Waals surface area contributed by atoms with Crippen LogP contribution in [0.5, 0.6) is 0 Å². The van der Waals surface area contributed by atoms with Gasteiger partial charge in [0.25, 0.3) is 0 Å². The average Bonchev–Trinajstić information content (AvgIpc) is 2.77. The van der Waals surface area contributed by atoms with Crippen molar-refractivity contribution in [2.24, 2.45) is 0 Å². The lowest BCUT2D eigenvalue weighted by molar-refractivity contribution is -0.121. The number of likely N-dealkylation sites (tertiary alicyclic amines) is 1. The Hall–Kier alpha value is -1.15. The first kappa shape index (κ1) is 17.2. The highest BCUT2D eigenvalue weighted by Crippen LogP contribution is 2.11. The van der Waals surface area contributed by atoms with Crippen molar-refractivity contribution in [3.63, 3.8) is 0 Å². The minimum atomic E-state index is -0.0227. The number of amides is 1. The van der Waals surface area contributed by atoms with Gasteiger partial charge in [0.05, 0.1) is 6.54 Å². The number of hydrogen-bond acceptors (Lipinski definition) is 6. The Labute approximate surface area is 136 Å².